The van der Waals surface area contributed by atoms with Gasteiger partial charge in [-0.05, 0) is 26.0 Å². The Morgan fingerprint density at radius 1 is 1.37 bits per heavy atom. The zero-order valence-corrected chi connectivity index (χ0v) is 11.2. The Balaban J connectivity index is 2.09. The summed E-state index contributed by atoms with van der Waals surface area (Å²) in [5, 5.41) is 10.2. The van der Waals surface area contributed by atoms with Gasteiger partial charge in [0.2, 0.25) is 0 Å². The van der Waals surface area contributed by atoms with Gasteiger partial charge in [-0.2, -0.15) is 5.10 Å². The van der Waals surface area contributed by atoms with Gasteiger partial charge >= 0.3 is 0 Å². The first-order valence-electron chi connectivity index (χ1n) is 6.31. The summed E-state index contributed by atoms with van der Waals surface area (Å²) in [7, 11) is 1.88. The van der Waals surface area contributed by atoms with Gasteiger partial charge in [-0.3, -0.25) is 9.89 Å². The number of hydrogen-bond acceptors (Lipinski definition) is 4. The predicted octanol–water partition coefficient (Wildman–Crippen LogP) is 1.44. The van der Waals surface area contributed by atoms with Crippen LogP contribution in [0.4, 0.5) is 0 Å². The van der Waals surface area contributed by atoms with Crippen LogP contribution in [0.1, 0.15) is 30.2 Å². The number of Topliss-reactive ketones (excluding diaryl/α,β-unsaturated/α-hetero) is 1. The number of aromatic amines is 1. The fraction of sp³-hybridized carbons (Fsp3) is 0.357. The van der Waals surface area contributed by atoms with Crippen molar-refractivity contribution in [1.29, 1.82) is 0 Å². The maximum atomic E-state index is 11.0. The molecule has 0 radical (unpaired) electrons. The highest BCUT2D eigenvalue weighted by Crippen LogP contribution is 2.14. The summed E-state index contributed by atoms with van der Waals surface area (Å²) in [4.78, 5) is 15.4. The van der Waals surface area contributed by atoms with Crippen LogP contribution in [0.3, 0.4) is 0 Å². The summed E-state index contributed by atoms with van der Waals surface area (Å²) < 4.78 is 0. The lowest BCUT2D eigenvalue weighted by Crippen LogP contribution is -2.20. The second-order valence-corrected chi connectivity index (χ2v) is 4.55. The van der Waals surface area contributed by atoms with Gasteiger partial charge < -0.3 is 5.32 Å². The number of likely N-dealkylation sites (N-methyl/N-ethyl adjacent to an activating group) is 1. The first kappa shape index (κ1) is 13.4. The Morgan fingerprint density at radius 2 is 2.11 bits per heavy atom. The Hall–Kier alpha value is -2.01. The molecule has 0 aliphatic carbocycles. The third-order valence-corrected chi connectivity index (χ3v) is 2.91. The predicted molar refractivity (Wildman–Crippen MR) is 72.7 cm³/mol. The smallest absolute Gasteiger partial charge is 0.167 e. The molecule has 5 nitrogen and oxygen atoms in total. The van der Waals surface area contributed by atoms with Crippen LogP contribution in [0.5, 0.6) is 0 Å². The normalized spacial score (nSPS) is 12.3. The van der Waals surface area contributed by atoms with Crippen molar-refractivity contribution in [2.45, 2.75) is 25.8 Å². The zero-order valence-electron chi connectivity index (χ0n) is 11.2. The Bertz CT molecular complexity index is 535. The van der Waals surface area contributed by atoms with Crippen molar-refractivity contribution in [2.75, 3.05) is 7.05 Å². The van der Waals surface area contributed by atoms with Gasteiger partial charge in [0, 0.05) is 0 Å². The molecule has 1 aromatic carbocycles. The molecule has 2 aromatic rings. The van der Waals surface area contributed by atoms with Crippen LogP contribution in [0.15, 0.2) is 30.3 Å². The minimum atomic E-state index is 0.0411. The molecule has 0 fully saturated rings. The van der Waals surface area contributed by atoms with Gasteiger partial charge in [-0.25, -0.2) is 4.98 Å². The molecule has 0 saturated carbocycles. The van der Waals surface area contributed by atoms with E-state index in [2.05, 4.69) is 32.6 Å². The zero-order chi connectivity index (χ0) is 13.7. The van der Waals surface area contributed by atoms with Gasteiger partial charge in [0.25, 0.3) is 0 Å². The number of H-pyrrole nitrogens is 1. The van der Waals surface area contributed by atoms with Crippen LogP contribution < -0.4 is 5.32 Å². The molecule has 2 N–H and O–H groups in total. The summed E-state index contributed by atoms with van der Waals surface area (Å²) in [6, 6.07) is 10.2. The second-order valence-electron chi connectivity index (χ2n) is 4.55. The lowest BCUT2D eigenvalue weighted by atomic mass is 10.1. The van der Waals surface area contributed by atoms with E-state index in [4.69, 9.17) is 0 Å². The molecule has 0 unspecified atom stereocenters. The van der Waals surface area contributed by atoms with Crippen molar-refractivity contribution >= 4 is 5.78 Å². The topological polar surface area (TPSA) is 70.7 Å². The average molecular weight is 258 g/mol. The molecule has 19 heavy (non-hydrogen) atoms. The van der Waals surface area contributed by atoms with Gasteiger partial charge in [-0.15, -0.1) is 0 Å². The molecular weight excluding hydrogens is 240 g/mol. The third-order valence-electron chi connectivity index (χ3n) is 2.91. The van der Waals surface area contributed by atoms with Crippen molar-refractivity contribution in [1.82, 2.24) is 20.5 Å². The second kappa shape index (κ2) is 6.24. The molecule has 5 heteroatoms. The van der Waals surface area contributed by atoms with E-state index in [0.717, 1.165) is 6.42 Å². The van der Waals surface area contributed by atoms with Crippen molar-refractivity contribution in [3.63, 3.8) is 0 Å². The lowest BCUT2D eigenvalue weighted by Gasteiger charge is -2.12. The van der Waals surface area contributed by atoms with Crippen molar-refractivity contribution in [3.05, 3.63) is 47.5 Å². The standard InChI is InChI=1S/C14H18N4O/c1-10(19)8-13-16-14(18-17-13)12(15-2)9-11-6-4-3-5-7-11/h3-7,12,15H,8-9H2,1-2H3,(H,16,17,18)/t12-/m0/s1. The van der Waals surface area contributed by atoms with E-state index in [0.29, 0.717) is 18.1 Å². The number of carbonyl (C=O) groups is 1. The molecule has 1 aromatic heterocycles. The van der Waals surface area contributed by atoms with Gasteiger partial charge in [0.15, 0.2) is 5.82 Å². The number of ketones is 1. The van der Waals surface area contributed by atoms with E-state index in [1.54, 1.807) is 6.92 Å². The average Bonchev–Trinajstić information content (AvgIpc) is 2.84. The van der Waals surface area contributed by atoms with E-state index in [9.17, 15) is 4.79 Å². The fourth-order valence-electron chi connectivity index (χ4n) is 1.95. The molecule has 0 saturated heterocycles. The highest BCUT2D eigenvalue weighted by Gasteiger charge is 2.15. The maximum absolute atomic E-state index is 11.0. The van der Waals surface area contributed by atoms with E-state index in [-0.39, 0.29) is 11.8 Å². The SMILES string of the molecule is CN[C@@H](Cc1ccccc1)c1n[nH]c(CC(C)=O)n1. The molecule has 0 aliphatic heterocycles. The maximum Gasteiger partial charge on any atom is 0.167 e. The van der Waals surface area contributed by atoms with Crippen LogP contribution in [-0.4, -0.2) is 28.0 Å². The molecule has 0 spiro atoms. The molecule has 0 bridgehead atoms. The highest BCUT2D eigenvalue weighted by atomic mass is 16.1. The fourth-order valence-corrected chi connectivity index (χ4v) is 1.95. The van der Waals surface area contributed by atoms with E-state index < -0.39 is 0 Å². The number of nitrogens with zero attached hydrogens (tertiary/aromatic N) is 2. The number of rotatable bonds is 6. The van der Waals surface area contributed by atoms with Crippen LogP contribution in [0.25, 0.3) is 0 Å². The molecule has 0 aliphatic rings. The first-order chi connectivity index (χ1) is 9.19. The quantitative estimate of drug-likeness (QED) is 0.822. The van der Waals surface area contributed by atoms with Crippen LogP contribution in [0.2, 0.25) is 0 Å². The van der Waals surface area contributed by atoms with E-state index in [1.807, 2.05) is 25.2 Å². The summed E-state index contributed by atoms with van der Waals surface area (Å²) in [5.74, 6) is 1.39. The highest BCUT2D eigenvalue weighted by molar-refractivity contribution is 5.77. The first-order valence-corrected chi connectivity index (χ1v) is 6.31. The molecule has 1 heterocycles. The largest absolute Gasteiger partial charge is 0.310 e. The number of hydrogen-bond donors (Lipinski definition) is 2. The number of carbonyl (C=O) groups excluding carboxylic acids is 1. The minimum absolute atomic E-state index is 0.0411. The number of aromatic nitrogens is 3. The van der Waals surface area contributed by atoms with Crippen molar-refractivity contribution < 1.29 is 4.79 Å². The Kier molecular flexibility index (Phi) is 4.41. The molecular formula is C14H18N4O. The Labute approximate surface area is 112 Å². The number of benzene rings is 1. The molecule has 0 amide bonds. The Morgan fingerprint density at radius 3 is 2.74 bits per heavy atom. The minimum Gasteiger partial charge on any atom is -0.310 e. The third kappa shape index (κ3) is 3.72. The van der Waals surface area contributed by atoms with Gasteiger partial charge in [0.1, 0.15) is 11.6 Å². The summed E-state index contributed by atoms with van der Waals surface area (Å²) in [5.41, 5.74) is 1.22. The number of nitrogens with one attached hydrogen (secondary N) is 2. The van der Waals surface area contributed by atoms with Crippen LogP contribution >= 0.6 is 0 Å². The van der Waals surface area contributed by atoms with Gasteiger partial charge in [-0.1, -0.05) is 30.3 Å². The van der Waals surface area contributed by atoms with Crippen LogP contribution in [-0.2, 0) is 17.6 Å². The monoisotopic (exact) mass is 258 g/mol. The molecule has 100 valence electrons. The van der Waals surface area contributed by atoms with Crippen molar-refractivity contribution in [3.8, 4) is 0 Å². The van der Waals surface area contributed by atoms with E-state index >= 15 is 0 Å². The molecule has 2 rings (SSSR count). The van der Waals surface area contributed by atoms with Gasteiger partial charge in [0.05, 0.1) is 12.5 Å². The summed E-state index contributed by atoms with van der Waals surface area (Å²) in [6.07, 6.45) is 1.11. The molecule has 1 atom stereocenters. The summed E-state index contributed by atoms with van der Waals surface area (Å²) >= 11 is 0. The summed E-state index contributed by atoms with van der Waals surface area (Å²) in [6.45, 7) is 1.54. The van der Waals surface area contributed by atoms with Crippen LogP contribution in [0, 0.1) is 0 Å². The lowest BCUT2D eigenvalue weighted by molar-refractivity contribution is -0.116. The van der Waals surface area contributed by atoms with Crippen molar-refractivity contribution in [2.24, 2.45) is 0 Å². The van der Waals surface area contributed by atoms with E-state index in [1.165, 1.54) is 5.56 Å².